The number of halogens is 1. The SMILES string of the molecule is O=C(NCc1ccccc1)c1ccc2c(c1)cc(C(O)O)n2Cc1cccc(F)c1. The lowest BCUT2D eigenvalue weighted by Crippen LogP contribution is -2.22. The average molecular weight is 404 g/mol. The number of aromatic nitrogens is 1. The molecule has 0 bridgehead atoms. The Kier molecular flexibility index (Phi) is 5.61. The van der Waals surface area contributed by atoms with Gasteiger partial charge in [0.25, 0.3) is 5.91 Å². The Hall–Kier alpha value is -3.48. The molecular weight excluding hydrogens is 383 g/mol. The van der Waals surface area contributed by atoms with E-state index in [2.05, 4.69) is 5.32 Å². The van der Waals surface area contributed by atoms with Crippen molar-refractivity contribution in [3.63, 3.8) is 0 Å². The summed E-state index contributed by atoms with van der Waals surface area (Å²) >= 11 is 0. The maximum atomic E-state index is 13.6. The molecule has 0 atom stereocenters. The van der Waals surface area contributed by atoms with Crippen LogP contribution in [0.5, 0.6) is 0 Å². The molecule has 3 aromatic carbocycles. The van der Waals surface area contributed by atoms with Gasteiger partial charge in [-0.05, 0) is 47.5 Å². The fourth-order valence-electron chi connectivity index (χ4n) is 3.52. The van der Waals surface area contributed by atoms with E-state index in [4.69, 9.17) is 0 Å². The first kappa shape index (κ1) is 19.8. The quantitative estimate of drug-likeness (QED) is 0.429. The van der Waals surface area contributed by atoms with Crippen LogP contribution < -0.4 is 5.32 Å². The molecule has 0 aliphatic carbocycles. The van der Waals surface area contributed by atoms with Crippen LogP contribution in [-0.4, -0.2) is 20.7 Å². The highest BCUT2D eigenvalue weighted by atomic mass is 19.1. The molecular formula is C24H21FN2O3. The Labute approximate surface area is 173 Å². The van der Waals surface area contributed by atoms with Crippen LogP contribution in [0.25, 0.3) is 10.9 Å². The first-order chi connectivity index (χ1) is 14.5. The zero-order valence-electron chi connectivity index (χ0n) is 16.1. The smallest absolute Gasteiger partial charge is 0.251 e. The van der Waals surface area contributed by atoms with Crippen molar-refractivity contribution in [1.29, 1.82) is 0 Å². The van der Waals surface area contributed by atoms with Crippen molar-refractivity contribution < 1.29 is 19.4 Å². The number of carbonyl (C=O) groups is 1. The Morgan fingerprint density at radius 2 is 1.70 bits per heavy atom. The van der Waals surface area contributed by atoms with E-state index in [0.29, 0.717) is 23.1 Å². The maximum absolute atomic E-state index is 13.6. The molecule has 0 unspecified atom stereocenters. The summed E-state index contributed by atoms with van der Waals surface area (Å²) in [5.74, 6) is -0.572. The summed E-state index contributed by atoms with van der Waals surface area (Å²) in [6, 6.07) is 22.6. The van der Waals surface area contributed by atoms with Crippen LogP contribution in [0.1, 0.15) is 33.5 Å². The van der Waals surface area contributed by atoms with Gasteiger partial charge in [-0.15, -0.1) is 0 Å². The fraction of sp³-hybridized carbons (Fsp3) is 0.125. The van der Waals surface area contributed by atoms with E-state index in [1.165, 1.54) is 12.1 Å². The molecule has 4 rings (SSSR count). The van der Waals surface area contributed by atoms with Crippen LogP contribution in [0.3, 0.4) is 0 Å². The van der Waals surface area contributed by atoms with Gasteiger partial charge in [0.15, 0.2) is 6.29 Å². The lowest BCUT2D eigenvalue weighted by molar-refractivity contribution is -0.0478. The van der Waals surface area contributed by atoms with E-state index in [-0.39, 0.29) is 24.0 Å². The molecule has 0 saturated heterocycles. The van der Waals surface area contributed by atoms with Crippen LogP contribution in [-0.2, 0) is 13.1 Å². The largest absolute Gasteiger partial charge is 0.363 e. The second-order valence-electron chi connectivity index (χ2n) is 7.10. The number of nitrogens with zero attached hydrogens (tertiary/aromatic N) is 1. The minimum absolute atomic E-state index is 0.218. The molecule has 30 heavy (non-hydrogen) atoms. The summed E-state index contributed by atoms with van der Waals surface area (Å²) in [5.41, 5.74) is 3.16. The Balaban J connectivity index is 1.62. The predicted octanol–water partition coefficient (Wildman–Crippen LogP) is 3.74. The van der Waals surface area contributed by atoms with Crippen molar-refractivity contribution in [2.24, 2.45) is 0 Å². The van der Waals surface area contributed by atoms with Gasteiger partial charge in [-0.2, -0.15) is 0 Å². The number of hydrogen-bond acceptors (Lipinski definition) is 3. The van der Waals surface area contributed by atoms with Crippen molar-refractivity contribution in [3.8, 4) is 0 Å². The summed E-state index contributed by atoms with van der Waals surface area (Å²) < 4.78 is 15.3. The highest BCUT2D eigenvalue weighted by Crippen LogP contribution is 2.26. The third kappa shape index (κ3) is 4.25. The minimum atomic E-state index is -1.69. The van der Waals surface area contributed by atoms with Gasteiger partial charge in [0.1, 0.15) is 5.82 Å². The summed E-state index contributed by atoms with van der Waals surface area (Å²) in [6.07, 6.45) is -1.69. The van der Waals surface area contributed by atoms with E-state index in [1.807, 2.05) is 30.3 Å². The topological polar surface area (TPSA) is 74.5 Å². The lowest BCUT2D eigenvalue weighted by Gasteiger charge is -2.12. The van der Waals surface area contributed by atoms with Crippen molar-refractivity contribution in [2.45, 2.75) is 19.4 Å². The second kappa shape index (κ2) is 8.49. The van der Waals surface area contributed by atoms with Crippen LogP contribution in [0.2, 0.25) is 0 Å². The van der Waals surface area contributed by atoms with Crippen LogP contribution in [0.4, 0.5) is 4.39 Å². The lowest BCUT2D eigenvalue weighted by atomic mass is 10.1. The molecule has 0 spiro atoms. The number of aliphatic hydroxyl groups is 2. The molecule has 152 valence electrons. The summed E-state index contributed by atoms with van der Waals surface area (Å²) in [4.78, 5) is 12.6. The van der Waals surface area contributed by atoms with Crippen LogP contribution in [0.15, 0.2) is 78.9 Å². The zero-order valence-corrected chi connectivity index (χ0v) is 16.1. The van der Waals surface area contributed by atoms with Crippen molar-refractivity contribution in [3.05, 3.63) is 107 Å². The van der Waals surface area contributed by atoms with Gasteiger partial charge in [0.05, 0.1) is 5.69 Å². The minimum Gasteiger partial charge on any atom is -0.363 e. The van der Waals surface area contributed by atoms with Gasteiger partial charge in [-0.1, -0.05) is 42.5 Å². The van der Waals surface area contributed by atoms with E-state index < -0.39 is 6.29 Å². The molecule has 3 N–H and O–H groups in total. The van der Waals surface area contributed by atoms with Gasteiger partial charge in [0.2, 0.25) is 0 Å². The Morgan fingerprint density at radius 1 is 0.933 bits per heavy atom. The van der Waals surface area contributed by atoms with Crippen LogP contribution >= 0.6 is 0 Å². The molecule has 0 radical (unpaired) electrons. The molecule has 1 amide bonds. The zero-order chi connectivity index (χ0) is 21.1. The third-order valence-electron chi connectivity index (χ3n) is 4.99. The second-order valence-corrected chi connectivity index (χ2v) is 7.10. The fourth-order valence-corrected chi connectivity index (χ4v) is 3.52. The van der Waals surface area contributed by atoms with E-state index >= 15 is 0 Å². The third-order valence-corrected chi connectivity index (χ3v) is 4.99. The molecule has 0 aliphatic rings. The Morgan fingerprint density at radius 3 is 2.43 bits per heavy atom. The van der Waals surface area contributed by atoms with Crippen molar-refractivity contribution >= 4 is 16.8 Å². The van der Waals surface area contributed by atoms with Crippen molar-refractivity contribution in [1.82, 2.24) is 9.88 Å². The highest BCUT2D eigenvalue weighted by Gasteiger charge is 2.16. The van der Waals surface area contributed by atoms with Crippen molar-refractivity contribution in [2.75, 3.05) is 0 Å². The molecule has 0 saturated carbocycles. The monoisotopic (exact) mass is 404 g/mol. The highest BCUT2D eigenvalue weighted by molar-refractivity contribution is 5.98. The molecule has 1 aromatic heterocycles. The molecule has 1 heterocycles. The van der Waals surface area contributed by atoms with E-state index in [0.717, 1.165) is 11.1 Å². The molecule has 5 nitrogen and oxygen atoms in total. The molecule has 0 aliphatic heterocycles. The molecule has 0 fully saturated rings. The number of benzene rings is 3. The van der Waals surface area contributed by atoms with Gasteiger partial charge in [-0.25, -0.2) is 4.39 Å². The number of hydrogen-bond donors (Lipinski definition) is 3. The summed E-state index contributed by atoms with van der Waals surface area (Å²) in [7, 11) is 0. The average Bonchev–Trinajstić information content (AvgIpc) is 3.11. The first-order valence-electron chi connectivity index (χ1n) is 9.57. The van der Waals surface area contributed by atoms with Gasteiger partial charge in [-0.3, -0.25) is 4.79 Å². The number of rotatable bonds is 6. The first-order valence-corrected chi connectivity index (χ1v) is 9.57. The van der Waals surface area contributed by atoms with E-state index in [9.17, 15) is 19.4 Å². The normalized spacial score (nSPS) is 11.2. The summed E-state index contributed by atoms with van der Waals surface area (Å²) in [5, 5.41) is 23.2. The predicted molar refractivity (Wildman–Crippen MR) is 112 cm³/mol. The van der Waals surface area contributed by atoms with Gasteiger partial charge < -0.3 is 20.1 Å². The van der Waals surface area contributed by atoms with Gasteiger partial charge in [0, 0.05) is 29.6 Å². The standard InChI is InChI=1S/C24H21FN2O3/c25-20-8-4-7-17(11-20)15-27-21-10-9-18(12-19(21)13-22(27)24(29)30)23(28)26-14-16-5-2-1-3-6-16/h1-13,24,29-30H,14-15H2,(H,26,28). The number of fused-ring (bicyclic) bond motifs is 1. The van der Waals surface area contributed by atoms with E-state index in [1.54, 1.807) is 41.0 Å². The molecule has 4 aromatic rings. The molecule has 6 heteroatoms. The Bertz CT molecular complexity index is 1190. The van der Waals surface area contributed by atoms with Crippen LogP contribution in [0, 0.1) is 5.82 Å². The van der Waals surface area contributed by atoms with Gasteiger partial charge >= 0.3 is 0 Å². The summed E-state index contributed by atoms with van der Waals surface area (Å²) in [6.45, 7) is 0.687. The number of nitrogens with one attached hydrogen (secondary N) is 1. The maximum Gasteiger partial charge on any atom is 0.251 e. The number of carbonyl (C=O) groups excluding carboxylic acids is 1. The number of aliphatic hydroxyl groups excluding tert-OH is 1. The number of amides is 1.